The number of oxime groups is 1. The SMILES string of the molecule is CC(=NOC(C)C)C(C)(C)N. The fourth-order valence-electron chi connectivity index (χ4n) is 0.302. The van der Waals surface area contributed by atoms with Gasteiger partial charge in [0.1, 0.15) is 6.10 Å². The molecule has 0 atom stereocenters. The van der Waals surface area contributed by atoms with Crippen molar-refractivity contribution in [3.8, 4) is 0 Å². The zero-order valence-corrected chi connectivity index (χ0v) is 8.01. The molecule has 0 aliphatic carbocycles. The third kappa shape index (κ3) is 4.79. The fourth-order valence-corrected chi connectivity index (χ4v) is 0.302. The minimum atomic E-state index is -0.380. The van der Waals surface area contributed by atoms with Crippen molar-refractivity contribution in [1.82, 2.24) is 0 Å². The van der Waals surface area contributed by atoms with Crippen molar-refractivity contribution in [2.24, 2.45) is 10.9 Å². The minimum Gasteiger partial charge on any atom is -0.393 e. The van der Waals surface area contributed by atoms with Gasteiger partial charge < -0.3 is 10.6 Å². The average Bonchev–Trinajstić information content (AvgIpc) is 1.80. The largest absolute Gasteiger partial charge is 0.393 e. The van der Waals surface area contributed by atoms with Crippen molar-refractivity contribution < 1.29 is 4.84 Å². The summed E-state index contributed by atoms with van der Waals surface area (Å²) in [7, 11) is 0. The second-order valence-corrected chi connectivity index (χ2v) is 3.55. The van der Waals surface area contributed by atoms with Gasteiger partial charge in [0.25, 0.3) is 0 Å². The van der Waals surface area contributed by atoms with E-state index in [1.807, 2.05) is 34.6 Å². The number of hydrogen-bond donors (Lipinski definition) is 1. The van der Waals surface area contributed by atoms with Gasteiger partial charge in [-0.2, -0.15) is 0 Å². The summed E-state index contributed by atoms with van der Waals surface area (Å²) in [4.78, 5) is 5.04. The molecule has 0 unspecified atom stereocenters. The first-order valence-corrected chi connectivity index (χ1v) is 3.84. The zero-order valence-electron chi connectivity index (χ0n) is 8.01. The molecule has 0 rings (SSSR count). The van der Waals surface area contributed by atoms with Gasteiger partial charge in [0.15, 0.2) is 0 Å². The predicted molar refractivity (Wildman–Crippen MR) is 47.6 cm³/mol. The Bertz CT molecular complexity index is 145. The molecule has 66 valence electrons. The Morgan fingerprint density at radius 3 is 2.18 bits per heavy atom. The van der Waals surface area contributed by atoms with Crippen molar-refractivity contribution in [1.29, 1.82) is 0 Å². The summed E-state index contributed by atoms with van der Waals surface area (Å²) in [6.07, 6.45) is 0.118. The van der Waals surface area contributed by atoms with E-state index in [9.17, 15) is 0 Å². The van der Waals surface area contributed by atoms with E-state index in [1.165, 1.54) is 0 Å². The lowest BCUT2D eigenvalue weighted by Gasteiger charge is -2.17. The predicted octanol–water partition coefficient (Wildman–Crippen LogP) is 1.52. The van der Waals surface area contributed by atoms with Crippen molar-refractivity contribution in [3.63, 3.8) is 0 Å². The summed E-state index contributed by atoms with van der Waals surface area (Å²) >= 11 is 0. The highest BCUT2D eigenvalue weighted by Crippen LogP contribution is 2.01. The van der Waals surface area contributed by atoms with Gasteiger partial charge >= 0.3 is 0 Å². The van der Waals surface area contributed by atoms with Crippen LogP contribution in [0, 0.1) is 0 Å². The molecule has 0 aliphatic heterocycles. The fraction of sp³-hybridized carbons (Fsp3) is 0.875. The standard InChI is InChI=1S/C8H18N2O/c1-6(2)11-10-7(3)8(4,5)9/h6H,9H2,1-5H3. The van der Waals surface area contributed by atoms with Crippen LogP contribution in [0.2, 0.25) is 0 Å². The molecule has 0 amide bonds. The van der Waals surface area contributed by atoms with Gasteiger partial charge in [0.05, 0.1) is 11.3 Å². The molecule has 3 heteroatoms. The Kier molecular flexibility index (Phi) is 3.52. The lowest BCUT2D eigenvalue weighted by atomic mass is 10.0. The van der Waals surface area contributed by atoms with E-state index in [0.717, 1.165) is 5.71 Å². The zero-order chi connectivity index (χ0) is 9.07. The van der Waals surface area contributed by atoms with Gasteiger partial charge in [-0.25, -0.2) is 0 Å². The Morgan fingerprint density at radius 1 is 1.45 bits per heavy atom. The normalized spacial score (nSPS) is 13.9. The van der Waals surface area contributed by atoms with Gasteiger partial charge in [0, 0.05) is 0 Å². The molecule has 0 saturated carbocycles. The van der Waals surface area contributed by atoms with Crippen LogP contribution in [0.1, 0.15) is 34.6 Å². The first-order valence-electron chi connectivity index (χ1n) is 3.84. The van der Waals surface area contributed by atoms with E-state index in [4.69, 9.17) is 10.6 Å². The number of nitrogens with zero attached hydrogens (tertiary/aromatic N) is 1. The molecule has 2 N–H and O–H groups in total. The molecule has 0 fully saturated rings. The van der Waals surface area contributed by atoms with E-state index in [0.29, 0.717) is 0 Å². The summed E-state index contributed by atoms with van der Waals surface area (Å²) in [6.45, 7) is 9.52. The minimum absolute atomic E-state index is 0.118. The molecule has 0 aliphatic rings. The molecule has 0 saturated heterocycles. The van der Waals surface area contributed by atoms with E-state index in [1.54, 1.807) is 0 Å². The first-order chi connectivity index (χ1) is 4.84. The van der Waals surface area contributed by atoms with Crippen molar-refractivity contribution in [2.45, 2.75) is 46.3 Å². The monoisotopic (exact) mass is 158 g/mol. The molecule has 3 nitrogen and oxygen atoms in total. The third-order valence-corrected chi connectivity index (χ3v) is 1.33. The van der Waals surface area contributed by atoms with Gasteiger partial charge in [0.2, 0.25) is 0 Å². The molecule has 0 aromatic carbocycles. The highest BCUT2D eigenvalue weighted by molar-refractivity contribution is 5.89. The highest BCUT2D eigenvalue weighted by atomic mass is 16.6. The first kappa shape index (κ1) is 10.4. The second-order valence-electron chi connectivity index (χ2n) is 3.55. The average molecular weight is 158 g/mol. The Hall–Kier alpha value is -0.570. The highest BCUT2D eigenvalue weighted by Gasteiger charge is 2.15. The Balaban J connectivity index is 4.02. The molecular weight excluding hydrogens is 140 g/mol. The molecule has 0 radical (unpaired) electrons. The third-order valence-electron chi connectivity index (χ3n) is 1.33. The van der Waals surface area contributed by atoms with Crippen LogP contribution < -0.4 is 5.73 Å². The van der Waals surface area contributed by atoms with Crippen LogP contribution >= 0.6 is 0 Å². The maximum Gasteiger partial charge on any atom is 0.122 e. The maximum atomic E-state index is 5.75. The number of rotatable bonds is 3. The van der Waals surface area contributed by atoms with Gasteiger partial charge in [-0.3, -0.25) is 0 Å². The Morgan fingerprint density at radius 2 is 1.91 bits per heavy atom. The van der Waals surface area contributed by atoms with E-state index < -0.39 is 0 Å². The van der Waals surface area contributed by atoms with Crippen LogP contribution in [0.3, 0.4) is 0 Å². The quantitative estimate of drug-likeness (QED) is 0.500. The van der Waals surface area contributed by atoms with Crippen LogP contribution in [0.4, 0.5) is 0 Å². The summed E-state index contributed by atoms with van der Waals surface area (Å²) in [5.74, 6) is 0. The number of nitrogens with two attached hydrogens (primary N) is 1. The van der Waals surface area contributed by atoms with E-state index in [-0.39, 0.29) is 11.6 Å². The topological polar surface area (TPSA) is 47.6 Å². The van der Waals surface area contributed by atoms with Crippen molar-refractivity contribution >= 4 is 5.71 Å². The lowest BCUT2D eigenvalue weighted by Crippen LogP contribution is -2.40. The summed E-state index contributed by atoms with van der Waals surface area (Å²) in [6, 6.07) is 0. The molecule has 11 heavy (non-hydrogen) atoms. The molecule has 0 aromatic rings. The van der Waals surface area contributed by atoms with Gasteiger partial charge in [-0.15, -0.1) is 0 Å². The van der Waals surface area contributed by atoms with Crippen LogP contribution in [0.25, 0.3) is 0 Å². The summed E-state index contributed by atoms with van der Waals surface area (Å²) in [5.41, 5.74) is 6.19. The molecule has 0 spiro atoms. The van der Waals surface area contributed by atoms with Crippen LogP contribution in [-0.2, 0) is 4.84 Å². The van der Waals surface area contributed by atoms with Crippen LogP contribution in [0.15, 0.2) is 5.16 Å². The molecule has 0 aromatic heterocycles. The van der Waals surface area contributed by atoms with E-state index in [2.05, 4.69) is 5.16 Å². The Labute approximate surface area is 68.6 Å². The maximum absolute atomic E-state index is 5.75. The van der Waals surface area contributed by atoms with Crippen LogP contribution in [-0.4, -0.2) is 17.4 Å². The van der Waals surface area contributed by atoms with Crippen LogP contribution in [0.5, 0.6) is 0 Å². The smallest absolute Gasteiger partial charge is 0.122 e. The summed E-state index contributed by atoms with van der Waals surface area (Å²) in [5, 5.41) is 3.89. The van der Waals surface area contributed by atoms with Gasteiger partial charge in [-0.1, -0.05) is 5.16 Å². The van der Waals surface area contributed by atoms with Crippen molar-refractivity contribution in [3.05, 3.63) is 0 Å². The number of hydrogen-bond acceptors (Lipinski definition) is 3. The molecule has 0 heterocycles. The van der Waals surface area contributed by atoms with Crippen molar-refractivity contribution in [2.75, 3.05) is 0 Å². The lowest BCUT2D eigenvalue weighted by molar-refractivity contribution is 0.0844. The summed E-state index contributed by atoms with van der Waals surface area (Å²) < 4.78 is 0. The second kappa shape index (κ2) is 3.72. The van der Waals surface area contributed by atoms with E-state index >= 15 is 0 Å². The van der Waals surface area contributed by atoms with Gasteiger partial charge in [-0.05, 0) is 34.6 Å². The molecule has 0 bridgehead atoms. The molecular formula is C8H18N2O.